The molecule has 0 spiro atoms. The summed E-state index contributed by atoms with van der Waals surface area (Å²) in [6.07, 6.45) is 3.18. The van der Waals surface area contributed by atoms with E-state index in [0.29, 0.717) is 5.82 Å². The molecular weight excluding hydrogens is 178 g/mol. The molecule has 3 aromatic rings. The lowest BCUT2D eigenvalue weighted by molar-refractivity contribution is 1.23. The summed E-state index contributed by atoms with van der Waals surface area (Å²) < 4.78 is 0. The Hall–Kier alpha value is -2.17. The quantitative estimate of drug-likeness (QED) is 0.549. The van der Waals surface area contributed by atoms with Crippen LogP contribution in [0.15, 0.2) is 24.7 Å². The molecule has 68 valence electrons. The average molecular weight is 185 g/mol. The number of aromatic amines is 1. The van der Waals surface area contributed by atoms with E-state index in [9.17, 15) is 0 Å². The SMILES string of the molecule is Nc1ncnc2c1[nH]c1ncccc12. The summed E-state index contributed by atoms with van der Waals surface area (Å²) >= 11 is 0. The van der Waals surface area contributed by atoms with Gasteiger partial charge in [0, 0.05) is 11.6 Å². The smallest absolute Gasteiger partial charge is 0.151 e. The second-order valence-corrected chi connectivity index (χ2v) is 3.01. The predicted octanol–water partition coefficient (Wildman–Crippen LogP) is 1.09. The number of fused-ring (bicyclic) bond motifs is 3. The van der Waals surface area contributed by atoms with E-state index in [-0.39, 0.29) is 0 Å². The average Bonchev–Trinajstić information content (AvgIpc) is 2.59. The topological polar surface area (TPSA) is 80.5 Å². The Morgan fingerprint density at radius 2 is 2.14 bits per heavy atom. The molecule has 14 heavy (non-hydrogen) atoms. The molecule has 3 aromatic heterocycles. The minimum atomic E-state index is 0.452. The van der Waals surface area contributed by atoms with E-state index in [1.165, 1.54) is 6.33 Å². The van der Waals surface area contributed by atoms with Crippen LogP contribution in [0.2, 0.25) is 0 Å². The molecule has 0 amide bonds. The molecule has 0 radical (unpaired) electrons. The van der Waals surface area contributed by atoms with E-state index in [2.05, 4.69) is 19.9 Å². The Morgan fingerprint density at radius 3 is 3.07 bits per heavy atom. The van der Waals surface area contributed by atoms with Crippen LogP contribution >= 0.6 is 0 Å². The molecule has 0 aromatic carbocycles. The monoisotopic (exact) mass is 185 g/mol. The largest absolute Gasteiger partial charge is 0.382 e. The van der Waals surface area contributed by atoms with Crippen molar-refractivity contribution in [3.63, 3.8) is 0 Å². The van der Waals surface area contributed by atoms with Crippen LogP contribution in [0.3, 0.4) is 0 Å². The highest BCUT2D eigenvalue weighted by Gasteiger charge is 2.07. The van der Waals surface area contributed by atoms with Crippen LogP contribution in [0, 0.1) is 0 Å². The van der Waals surface area contributed by atoms with Gasteiger partial charge in [-0.2, -0.15) is 0 Å². The molecule has 0 saturated heterocycles. The van der Waals surface area contributed by atoms with E-state index in [1.807, 2.05) is 12.1 Å². The van der Waals surface area contributed by atoms with Gasteiger partial charge in [-0.15, -0.1) is 0 Å². The maximum atomic E-state index is 5.71. The molecule has 0 unspecified atom stereocenters. The van der Waals surface area contributed by atoms with Gasteiger partial charge in [0.25, 0.3) is 0 Å². The summed E-state index contributed by atoms with van der Waals surface area (Å²) in [5.41, 5.74) is 8.07. The number of nitrogens with one attached hydrogen (secondary N) is 1. The maximum Gasteiger partial charge on any atom is 0.151 e. The number of anilines is 1. The summed E-state index contributed by atoms with van der Waals surface area (Å²) in [5.74, 6) is 0.452. The summed E-state index contributed by atoms with van der Waals surface area (Å²) in [5, 5.41) is 0.969. The fraction of sp³-hybridized carbons (Fsp3) is 0. The van der Waals surface area contributed by atoms with E-state index in [1.54, 1.807) is 6.20 Å². The van der Waals surface area contributed by atoms with Gasteiger partial charge in [-0.05, 0) is 12.1 Å². The van der Waals surface area contributed by atoms with Crippen molar-refractivity contribution in [3.8, 4) is 0 Å². The first kappa shape index (κ1) is 7.25. The zero-order valence-corrected chi connectivity index (χ0v) is 7.23. The number of nitrogen functional groups attached to an aromatic ring is 1. The van der Waals surface area contributed by atoms with E-state index in [0.717, 1.165) is 22.1 Å². The second kappa shape index (κ2) is 2.41. The first-order chi connectivity index (χ1) is 6.86. The van der Waals surface area contributed by atoms with Crippen molar-refractivity contribution in [2.75, 3.05) is 5.73 Å². The van der Waals surface area contributed by atoms with E-state index < -0.39 is 0 Å². The summed E-state index contributed by atoms with van der Waals surface area (Å²) in [4.78, 5) is 15.3. The zero-order chi connectivity index (χ0) is 9.54. The van der Waals surface area contributed by atoms with Crippen molar-refractivity contribution in [2.45, 2.75) is 0 Å². The summed E-state index contributed by atoms with van der Waals surface area (Å²) in [6.45, 7) is 0. The fourth-order valence-electron chi connectivity index (χ4n) is 1.54. The lowest BCUT2D eigenvalue weighted by Crippen LogP contribution is -1.91. The number of pyridine rings is 1. The van der Waals surface area contributed by atoms with Crippen molar-refractivity contribution < 1.29 is 0 Å². The van der Waals surface area contributed by atoms with Crippen LogP contribution in [-0.4, -0.2) is 19.9 Å². The molecule has 3 N–H and O–H groups in total. The van der Waals surface area contributed by atoms with Crippen LogP contribution in [0.4, 0.5) is 5.82 Å². The highest BCUT2D eigenvalue weighted by Crippen LogP contribution is 2.23. The minimum absolute atomic E-state index is 0.452. The Morgan fingerprint density at radius 1 is 1.21 bits per heavy atom. The number of aromatic nitrogens is 4. The van der Waals surface area contributed by atoms with Crippen LogP contribution < -0.4 is 5.73 Å². The van der Waals surface area contributed by atoms with Gasteiger partial charge in [0.2, 0.25) is 0 Å². The van der Waals surface area contributed by atoms with Gasteiger partial charge in [0.15, 0.2) is 5.82 Å². The number of nitrogens with two attached hydrogens (primary N) is 1. The van der Waals surface area contributed by atoms with Crippen molar-refractivity contribution in [1.82, 2.24) is 19.9 Å². The fourth-order valence-corrected chi connectivity index (χ4v) is 1.54. The molecule has 0 aliphatic rings. The maximum absolute atomic E-state index is 5.71. The molecule has 0 bridgehead atoms. The van der Waals surface area contributed by atoms with Gasteiger partial charge in [-0.25, -0.2) is 15.0 Å². The molecule has 5 nitrogen and oxygen atoms in total. The zero-order valence-electron chi connectivity index (χ0n) is 7.23. The van der Waals surface area contributed by atoms with Crippen LogP contribution in [0.5, 0.6) is 0 Å². The number of nitrogens with zero attached hydrogens (tertiary/aromatic N) is 3. The molecule has 0 fully saturated rings. The van der Waals surface area contributed by atoms with Crippen LogP contribution in [-0.2, 0) is 0 Å². The molecule has 0 aliphatic carbocycles. The van der Waals surface area contributed by atoms with Gasteiger partial charge in [0.05, 0.1) is 0 Å². The summed E-state index contributed by atoms with van der Waals surface area (Å²) in [7, 11) is 0. The standard InChI is InChI=1S/C9H7N5/c10-8-7-6(12-4-13-8)5-2-1-3-11-9(5)14-7/h1-4H,(H,11,14)(H2,10,12,13). The van der Waals surface area contributed by atoms with Gasteiger partial charge in [-0.3, -0.25) is 0 Å². The van der Waals surface area contributed by atoms with E-state index >= 15 is 0 Å². The number of H-pyrrole nitrogens is 1. The Bertz CT molecular complexity index is 613. The number of hydrogen-bond donors (Lipinski definition) is 2. The van der Waals surface area contributed by atoms with Gasteiger partial charge >= 0.3 is 0 Å². The number of hydrogen-bond acceptors (Lipinski definition) is 4. The number of rotatable bonds is 0. The highest BCUT2D eigenvalue weighted by atomic mass is 15.0. The molecule has 3 heterocycles. The molecule has 0 saturated carbocycles. The molecular formula is C9H7N5. The van der Waals surface area contributed by atoms with Crippen molar-refractivity contribution in [2.24, 2.45) is 0 Å². The molecule has 3 rings (SSSR count). The Balaban J connectivity index is 2.63. The van der Waals surface area contributed by atoms with Crippen molar-refractivity contribution in [1.29, 1.82) is 0 Å². The van der Waals surface area contributed by atoms with Crippen molar-refractivity contribution in [3.05, 3.63) is 24.7 Å². The lowest BCUT2D eigenvalue weighted by Gasteiger charge is -1.91. The normalized spacial score (nSPS) is 11.1. The van der Waals surface area contributed by atoms with Gasteiger partial charge in [0.1, 0.15) is 23.0 Å². The first-order valence-corrected chi connectivity index (χ1v) is 4.19. The Kier molecular flexibility index (Phi) is 1.25. The Labute approximate surface area is 79.0 Å². The third-order valence-electron chi connectivity index (χ3n) is 2.18. The van der Waals surface area contributed by atoms with Crippen LogP contribution in [0.25, 0.3) is 22.1 Å². The van der Waals surface area contributed by atoms with Gasteiger partial charge < -0.3 is 10.7 Å². The predicted molar refractivity (Wildman–Crippen MR) is 53.6 cm³/mol. The third-order valence-corrected chi connectivity index (χ3v) is 2.18. The van der Waals surface area contributed by atoms with E-state index in [4.69, 9.17) is 5.73 Å². The molecule has 0 atom stereocenters. The summed E-state index contributed by atoms with van der Waals surface area (Å²) in [6, 6.07) is 3.82. The lowest BCUT2D eigenvalue weighted by atomic mass is 10.3. The van der Waals surface area contributed by atoms with Crippen LogP contribution in [0.1, 0.15) is 0 Å². The molecule has 5 heteroatoms. The minimum Gasteiger partial charge on any atom is -0.382 e. The van der Waals surface area contributed by atoms with Gasteiger partial charge in [-0.1, -0.05) is 0 Å². The first-order valence-electron chi connectivity index (χ1n) is 4.19. The molecule has 0 aliphatic heterocycles. The highest BCUT2D eigenvalue weighted by molar-refractivity contribution is 6.06. The second-order valence-electron chi connectivity index (χ2n) is 3.01. The third kappa shape index (κ3) is 0.806. The van der Waals surface area contributed by atoms with Crippen molar-refractivity contribution >= 4 is 27.9 Å².